The second-order valence-electron chi connectivity index (χ2n) is 14.6. The van der Waals surface area contributed by atoms with Gasteiger partial charge >= 0.3 is 12.1 Å². The first-order valence-electron chi connectivity index (χ1n) is 17.3. The van der Waals surface area contributed by atoms with Gasteiger partial charge in [0.1, 0.15) is 5.01 Å². The number of fused-ring (bicyclic) bond motifs is 2. The Kier molecular flexibility index (Phi) is 9.78. The largest absolute Gasteiger partial charge is 0.479 e. The summed E-state index contributed by atoms with van der Waals surface area (Å²) in [7, 11) is 1.40. The molecule has 2 saturated heterocycles. The van der Waals surface area contributed by atoms with Gasteiger partial charge in [0.25, 0.3) is 6.41 Å². The molecule has 5 aromatic rings. The van der Waals surface area contributed by atoms with E-state index in [0.29, 0.717) is 35.2 Å². The Hall–Kier alpha value is -4.11. The van der Waals surface area contributed by atoms with Crippen LogP contribution in [0.4, 0.5) is 4.79 Å². The fourth-order valence-corrected chi connectivity index (χ4v) is 8.69. The van der Waals surface area contributed by atoms with Crippen molar-refractivity contribution in [2.45, 2.75) is 70.6 Å². The van der Waals surface area contributed by atoms with E-state index in [1.54, 1.807) is 17.0 Å². The molecule has 2 aliphatic heterocycles. The zero-order valence-corrected chi connectivity index (χ0v) is 31.2. The summed E-state index contributed by atoms with van der Waals surface area (Å²) in [5, 5.41) is 37.8. The molecule has 3 aromatic carbocycles. The molecule has 14 heteroatoms. The lowest BCUT2D eigenvalue weighted by atomic mass is 9.90. The molecule has 274 valence electrons. The number of aromatic nitrogens is 3. The minimum absolute atomic E-state index is 0.0960. The summed E-state index contributed by atoms with van der Waals surface area (Å²) < 4.78 is 13.1. The van der Waals surface area contributed by atoms with Crippen molar-refractivity contribution in [2.75, 3.05) is 33.3 Å². The molecule has 2 aromatic heterocycles. The molecule has 0 saturated carbocycles. The van der Waals surface area contributed by atoms with E-state index < -0.39 is 24.1 Å². The molecule has 0 spiro atoms. The highest BCUT2D eigenvalue weighted by atomic mass is 35.5. The molecular weight excluding hydrogens is 706 g/mol. The first kappa shape index (κ1) is 36.3. The lowest BCUT2D eigenvalue weighted by molar-refractivity contribution is -0.160. The van der Waals surface area contributed by atoms with Gasteiger partial charge in [-0.1, -0.05) is 23.7 Å². The molecule has 0 radical (unpaired) electrons. The number of carboxylic acids is 1. The zero-order chi connectivity index (χ0) is 37.1. The first-order valence-corrected chi connectivity index (χ1v) is 18.5. The summed E-state index contributed by atoms with van der Waals surface area (Å²) in [6.07, 6.45) is -1.66. The maximum Gasteiger partial charge on any atom is 0.409 e. The Bertz CT molecular complexity index is 2150. The number of benzene rings is 3. The average molecular weight is 748 g/mol. The zero-order valence-electron chi connectivity index (χ0n) is 29.7. The van der Waals surface area contributed by atoms with Crippen LogP contribution in [0.3, 0.4) is 0 Å². The van der Waals surface area contributed by atoms with Gasteiger partial charge in [-0.25, -0.2) is 19.3 Å². The molecule has 2 aliphatic rings. The van der Waals surface area contributed by atoms with E-state index in [4.69, 9.17) is 31.2 Å². The number of carbonyl (C=O) groups excluding carboxylic acids is 1. The number of hydrogen-bond donors (Lipinski definition) is 3. The van der Waals surface area contributed by atoms with Crippen LogP contribution in [0.5, 0.6) is 0 Å². The van der Waals surface area contributed by atoms with E-state index in [2.05, 4.69) is 4.90 Å². The fourth-order valence-electron chi connectivity index (χ4n) is 7.44. The number of hydrogen-bond acceptors (Lipinski definition) is 10. The SMILES string of the molecule is COC(=O)N1CC(N2CCC(c3nn(C(O)O)c4ccc(-c5nc6cc(C)c([C@H](OC(C)(C)C)C(=O)O)c(-c7ccc(Cl)cc7)c6s5)cc34)CC2)C1. The Morgan fingerprint density at radius 3 is 2.31 bits per heavy atom. The summed E-state index contributed by atoms with van der Waals surface area (Å²) in [6, 6.07) is 15.3. The molecule has 2 fully saturated rings. The van der Waals surface area contributed by atoms with Crippen molar-refractivity contribution in [1.29, 1.82) is 0 Å². The number of halogens is 1. The highest BCUT2D eigenvalue weighted by Crippen LogP contribution is 2.45. The topological polar surface area (TPSA) is 150 Å². The van der Waals surface area contributed by atoms with Gasteiger partial charge in [0.2, 0.25) is 0 Å². The smallest absolute Gasteiger partial charge is 0.409 e. The summed E-state index contributed by atoms with van der Waals surface area (Å²) in [5.41, 5.74) is 5.09. The number of piperidine rings is 1. The van der Waals surface area contributed by atoms with Crippen molar-refractivity contribution < 1.29 is 34.4 Å². The van der Waals surface area contributed by atoms with Crippen LogP contribution < -0.4 is 0 Å². The van der Waals surface area contributed by atoms with Crippen molar-refractivity contribution in [2.24, 2.45) is 0 Å². The number of ether oxygens (including phenoxy) is 2. The number of rotatable bonds is 8. The molecule has 52 heavy (non-hydrogen) atoms. The number of aliphatic carboxylic acids is 1. The number of thiazole rings is 1. The van der Waals surface area contributed by atoms with Crippen LogP contribution in [0.15, 0.2) is 48.5 Å². The second-order valence-corrected chi connectivity index (χ2v) is 16.0. The Morgan fingerprint density at radius 1 is 1.02 bits per heavy atom. The van der Waals surface area contributed by atoms with Crippen LogP contribution in [0.1, 0.15) is 68.9 Å². The van der Waals surface area contributed by atoms with Crippen LogP contribution in [-0.2, 0) is 14.3 Å². The number of carboxylic acid groups (broad SMARTS) is 1. The maximum atomic E-state index is 12.8. The van der Waals surface area contributed by atoms with Gasteiger partial charge in [-0.15, -0.1) is 11.3 Å². The molecule has 7 rings (SSSR count). The van der Waals surface area contributed by atoms with Gasteiger partial charge in [-0.05, 0) is 101 Å². The van der Waals surface area contributed by atoms with Gasteiger partial charge in [0.15, 0.2) is 6.10 Å². The van der Waals surface area contributed by atoms with Crippen molar-refractivity contribution in [3.63, 3.8) is 0 Å². The third-order valence-corrected chi connectivity index (χ3v) is 11.3. The van der Waals surface area contributed by atoms with E-state index in [9.17, 15) is 24.9 Å². The molecule has 0 unspecified atom stereocenters. The molecule has 1 atom stereocenters. The number of nitrogens with zero attached hydrogens (tertiary/aromatic N) is 5. The van der Waals surface area contributed by atoms with E-state index in [0.717, 1.165) is 74.5 Å². The monoisotopic (exact) mass is 747 g/mol. The van der Waals surface area contributed by atoms with Crippen LogP contribution in [0, 0.1) is 6.92 Å². The predicted octanol–water partition coefficient (Wildman–Crippen LogP) is 6.95. The Balaban J connectivity index is 1.28. The van der Waals surface area contributed by atoms with Crippen LogP contribution in [-0.4, -0.2) is 96.9 Å². The van der Waals surface area contributed by atoms with Crippen molar-refractivity contribution in [3.05, 3.63) is 70.4 Å². The van der Waals surface area contributed by atoms with Crippen molar-refractivity contribution in [3.8, 4) is 21.7 Å². The number of aliphatic hydroxyl groups is 2. The average Bonchev–Trinajstić information content (AvgIpc) is 3.68. The van der Waals surface area contributed by atoms with Gasteiger partial charge in [0.05, 0.1) is 34.1 Å². The highest BCUT2D eigenvalue weighted by molar-refractivity contribution is 7.22. The predicted molar refractivity (Wildman–Crippen MR) is 200 cm³/mol. The van der Waals surface area contributed by atoms with Gasteiger partial charge in [-0.2, -0.15) is 5.10 Å². The van der Waals surface area contributed by atoms with Crippen LogP contribution >= 0.6 is 22.9 Å². The van der Waals surface area contributed by atoms with E-state index in [1.807, 2.05) is 64.1 Å². The number of carbonyl (C=O) groups is 2. The molecule has 12 nitrogen and oxygen atoms in total. The minimum atomic E-state index is -1.80. The minimum Gasteiger partial charge on any atom is -0.479 e. The Morgan fingerprint density at radius 2 is 1.69 bits per heavy atom. The number of aliphatic hydroxyl groups excluding tert-OH is 1. The third-order valence-electron chi connectivity index (χ3n) is 9.95. The molecular formula is C38H42ClN5O7S. The second kappa shape index (κ2) is 14.0. The summed E-state index contributed by atoms with van der Waals surface area (Å²) in [4.78, 5) is 33.8. The lowest BCUT2D eigenvalue weighted by Gasteiger charge is -2.46. The third kappa shape index (κ3) is 6.89. The van der Waals surface area contributed by atoms with Crippen molar-refractivity contribution in [1.82, 2.24) is 24.6 Å². The van der Waals surface area contributed by atoms with E-state index in [-0.39, 0.29) is 12.0 Å². The summed E-state index contributed by atoms with van der Waals surface area (Å²) in [6.45, 7) is 10.4. The first-order chi connectivity index (χ1) is 24.7. The number of amides is 1. The fraction of sp³-hybridized carbons (Fsp3) is 0.421. The summed E-state index contributed by atoms with van der Waals surface area (Å²) >= 11 is 7.74. The van der Waals surface area contributed by atoms with E-state index in [1.165, 1.54) is 23.1 Å². The van der Waals surface area contributed by atoms with Gasteiger partial charge in [0, 0.05) is 52.1 Å². The van der Waals surface area contributed by atoms with E-state index >= 15 is 0 Å². The molecule has 1 amide bonds. The number of likely N-dealkylation sites (tertiary alicyclic amines) is 2. The molecule has 0 aliphatic carbocycles. The maximum absolute atomic E-state index is 12.8. The molecule has 0 bridgehead atoms. The molecule has 4 heterocycles. The summed E-state index contributed by atoms with van der Waals surface area (Å²) in [5.74, 6) is -0.987. The lowest BCUT2D eigenvalue weighted by Crippen LogP contribution is -2.62. The van der Waals surface area contributed by atoms with Crippen molar-refractivity contribution >= 4 is 56.1 Å². The number of methoxy groups -OCH3 is 1. The van der Waals surface area contributed by atoms with Crippen LogP contribution in [0.25, 0.3) is 42.8 Å². The van der Waals surface area contributed by atoms with Gasteiger partial charge in [-0.3, -0.25) is 4.90 Å². The normalized spacial score (nSPS) is 16.9. The van der Waals surface area contributed by atoms with Crippen LogP contribution in [0.2, 0.25) is 5.02 Å². The molecule has 3 N–H and O–H groups in total. The quantitative estimate of drug-likeness (QED) is 0.142. The Labute approximate surface area is 310 Å². The highest BCUT2D eigenvalue weighted by Gasteiger charge is 2.38. The van der Waals surface area contributed by atoms with Gasteiger partial charge < -0.3 is 29.7 Å². The standard InChI is InChI=1S/C38H42ClN5O7S/c1-20-16-27-33(30(21-6-9-24(39)10-7-21)29(20)32(35(45)46)51-38(2,3)4)52-34(40-27)23-8-11-28-26(17-23)31(41-44(28)36(47)48)22-12-14-42(15-13-22)25-18-43(19-25)37(49)50-5/h6-11,16-17,22,25,32,36,47-48H,12-15,18-19H2,1-5H3,(H,45,46)/t32-/m0/s1. The number of aryl methyl sites for hydroxylation is 1.